The molecule has 0 bridgehead atoms. The maximum Gasteiger partial charge on any atom is 0.264 e. The van der Waals surface area contributed by atoms with Gasteiger partial charge < -0.3 is 4.90 Å². The maximum atomic E-state index is 13.6. The third-order valence-corrected chi connectivity index (χ3v) is 8.11. The molecule has 0 spiro atoms. The van der Waals surface area contributed by atoms with Crippen molar-refractivity contribution in [1.29, 1.82) is 0 Å². The zero-order valence-electron chi connectivity index (χ0n) is 19.3. The van der Waals surface area contributed by atoms with Crippen molar-refractivity contribution in [3.05, 3.63) is 126 Å². The zero-order chi connectivity index (χ0) is 24.4. The molecule has 4 aromatic rings. The molecule has 3 aromatic carbocycles. The van der Waals surface area contributed by atoms with E-state index in [0.29, 0.717) is 24.2 Å². The van der Waals surface area contributed by atoms with Crippen LogP contribution in [0.5, 0.6) is 0 Å². The van der Waals surface area contributed by atoms with Crippen molar-refractivity contribution in [2.75, 3.05) is 17.9 Å². The van der Waals surface area contributed by atoms with E-state index in [0.717, 1.165) is 16.8 Å². The summed E-state index contributed by atoms with van der Waals surface area (Å²) < 4.78 is 28.4. The van der Waals surface area contributed by atoms with Crippen molar-refractivity contribution in [2.45, 2.75) is 17.4 Å². The number of carbonyl (C=O) groups is 1. The Morgan fingerprint density at radius 1 is 0.914 bits per heavy atom. The van der Waals surface area contributed by atoms with E-state index in [1.54, 1.807) is 36.3 Å². The van der Waals surface area contributed by atoms with E-state index < -0.39 is 16.1 Å². The largest absolute Gasteiger partial charge is 0.329 e. The molecule has 1 aliphatic rings. The Kier molecular flexibility index (Phi) is 6.09. The van der Waals surface area contributed by atoms with Crippen LogP contribution < -0.4 is 4.31 Å². The van der Waals surface area contributed by atoms with Crippen LogP contribution in [0.3, 0.4) is 0 Å². The third kappa shape index (κ3) is 4.31. The summed E-state index contributed by atoms with van der Waals surface area (Å²) in [6.45, 7) is 0.384. The predicted octanol–water partition coefficient (Wildman–Crippen LogP) is 4.69. The van der Waals surface area contributed by atoms with Crippen LogP contribution in [0.15, 0.2) is 108 Å². The molecule has 0 radical (unpaired) electrons. The van der Waals surface area contributed by atoms with Crippen LogP contribution in [0, 0.1) is 0 Å². The van der Waals surface area contributed by atoms with E-state index in [4.69, 9.17) is 0 Å². The van der Waals surface area contributed by atoms with Gasteiger partial charge in [0.25, 0.3) is 15.9 Å². The molecule has 0 saturated carbocycles. The number of rotatable bonds is 6. The summed E-state index contributed by atoms with van der Waals surface area (Å²) in [7, 11) is -2.09. The summed E-state index contributed by atoms with van der Waals surface area (Å²) in [6.07, 6.45) is 2.37. The van der Waals surface area contributed by atoms with Crippen LogP contribution in [0.2, 0.25) is 0 Å². The topological polar surface area (TPSA) is 70.6 Å². The average Bonchev–Trinajstić information content (AvgIpc) is 3.35. The normalized spacial score (nSPS) is 13.8. The fraction of sp³-hybridized carbons (Fsp3) is 0.143. The molecule has 0 fully saturated rings. The molecule has 1 aliphatic heterocycles. The fourth-order valence-electron chi connectivity index (χ4n) is 4.56. The van der Waals surface area contributed by atoms with E-state index in [1.807, 2.05) is 72.8 Å². The van der Waals surface area contributed by atoms with Crippen LogP contribution in [0.25, 0.3) is 0 Å². The minimum Gasteiger partial charge on any atom is -0.329 e. The van der Waals surface area contributed by atoms with Gasteiger partial charge in [0.05, 0.1) is 22.3 Å². The van der Waals surface area contributed by atoms with Gasteiger partial charge in [-0.05, 0) is 53.9 Å². The lowest BCUT2D eigenvalue weighted by Gasteiger charge is -2.28. The van der Waals surface area contributed by atoms with E-state index in [2.05, 4.69) is 4.98 Å². The second-order valence-electron chi connectivity index (χ2n) is 8.47. The molecule has 1 atom stereocenters. The lowest BCUT2D eigenvalue weighted by atomic mass is 10.0. The number of sulfonamides is 1. The molecule has 2 heterocycles. The van der Waals surface area contributed by atoms with Crippen molar-refractivity contribution in [3.8, 4) is 0 Å². The van der Waals surface area contributed by atoms with Gasteiger partial charge in [0.15, 0.2) is 0 Å². The first kappa shape index (κ1) is 22.8. The highest BCUT2D eigenvalue weighted by Gasteiger charge is 2.32. The molecular formula is C28H25N3O3S. The molecule has 0 N–H and O–H groups in total. The molecule has 1 aromatic heterocycles. The van der Waals surface area contributed by atoms with Gasteiger partial charge in [-0.2, -0.15) is 0 Å². The molecule has 5 rings (SSSR count). The number of benzene rings is 3. The molecule has 0 aliphatic carbocycles. The highest BCUT2D eigenvalue weighted by Crippen LogP contribution is 2.33. The lowest BCUT2D eigenvalue weighted by Crippen LogP contribution is -2.33. The quantitative estimate of drug-likeness (QED) is 0.399. The number of amides is 1. The van der Waals surface area contributed by atoms with E-state index in [-0.39, 0.29) is 10.8 Å². The molecule has 0 saturated heterocycles. The summed E-state index contributed by atoms with van der Waals surface area (Å²) in [5.74, 6) is -0.289. The SMILES string of the molecule is CN(C(=O)c1cccc(S(=O)(=O)N2CCc3ccccc32)c1)C(c1ccccc1)c1ccccn1. The Morgan fingerprint density at radius 2 is 1.66 bits per heavy atom. The molecule has 6 nitrogen and oxygen atoms in total. The van der Waals surface area contributed by atoms with Crippen LogP contribution in [-0.4, -0.2) is 37.8 Å². The van der Waals surface area contributed by atoms with Gasteiger partial charge in [0.2, 0.25) is 0 Å². The second kappa shape index (κ2) is 9.35. The highest BCUT2D eigenvalue weighted by molar-refractivity contribution is 7.92. The van der Waals surface area contributed by atoms with Gasteiger partial charge in [0, 0.05) is 25.4 Å². The molecule has 1 unspecified atom stereocenters. The van der Waals surface area contributed by atoms with Crippen LogP contribution in [0.4, 0.5) is 5.69 Å². The molecule has 1 amide bonds. The van der Waals surface area contributed by atoms with Gasteiger partial charge >= 0.3 is 0 Å². The fourth-order valence-corrected chi connectivity index (χ4v) is 6.11. The van der Waals surface area contributed by atoms with Crippen molar-refractivity contribution >= 4 is 21.6 Å². The van der Waals surface area contributed by atoms with Gasteiger partial charge in [-0.15, -0.1) is 0 Å². The van der Waals surface area contributed by atoms with Crippen molar-refractivity contribution in [1.82, 2.24) is 9.88 Å². The molecule has 7 heteroatoms. The number of aromatic nitrogens is 1. The Bertz CT molecular complexity index is 1420. The first-order valence-electron chi connectivity index (χ1n) is 11.4. The van der Waals surface area contributed by atoms with Crippen molar-refractivity contribution < 1.29 is 13.2 Å². The number of fused-ring (bicyclic) bond motifs is 1. The van der Waals surface area contributed by atoms with Gasteiger partial charge in [0.1, 0.15) is 0 Å². The second-order valence-corrected chi connectivity index (χ2v) is 10.3. The van der Waals surface area contributed by atoms with Crippen LogP contribution >= 0.6 is 0 Å². The van der Waals surface area contributed by atoms with E-state index in [1.165, 1.54) is 10.4 Å². The number of anilines is 1. The molecule has 176 valence electrons. The average molecular weight is 484 g/mol. The van der Waals surface area contributed by atoms with Crippen molar-refractivity contribution in [3.63, 3.8) is 0 Å². The van der Waals surface area contributed by atoms with E-state index >= 15 is 0 Å². The number of hydrogen-bond acceptors (Lipinski definition) is 4. The lowest BCUT2D eigenvalue weighted by molar-refractivity contribution is 0.0752. The summed E-state index contributed by atoms with van der Waals surface area (Å²) in [6, 6.07) is 28.6. The summed E-state index contributed by atoms with van der Waals surface area (Å²) in [5, 5.41) is 0. The Balaban J connectivity index is 1.49. The standard InChI is InChI=1S/C28H25N3O3S/c1-30(27(22-11-3-2-4-12-22)25-15-7-8-18-29-25)28(32)23-13-9-14-24(20-23)35(33,34)31-19-17-21-10-5-6-16-26(21)31/h2-16,18,20,27H,17,19H2,1H3. The number of para-hydroxylation sites is 1. The number of pyridine rings is 1. The first-order chi connectivity index (χ1) is 17.0. The van der Waals surface area contributed by atoms with Gasteiger partial charge in [-0.1, -0.05) is 60.7 Å². The Morgan fingerprint density at radius 3 is 2.43 bits per heavy atom. The minimum absolute atomic E-state index is 0.0996. The monoisotopic (exact) mass is 483 g/mol. The number of hydrogen-bond donors (Lipinski definition) is 0. The maximum absolute atomic E-state index is 13.6. The predicted molar refractivity (Wildman–Crippen MR) is 136 cm³/mol. The zero-order valence-corrected chi connectivity index (χ0v) is 20.1. The Labute approximate surface area is 205 Å². The van der Waals surface area contributed by atoms with Gasteiger partial charge in [-0.25, -0.2) is 8.42 Å². The third-order valence-electron chi connectivity index (χ3n) is 6.30. The first-order valence-corrected chi connectivity index (χ1v) is 12.8. The Hall–Kier alpha value is -3.97. The molecular weight excluding hydrogens is 458 g/mol. The number of nitrogens with zero attached hydrogens (tertiary/aromatic N) is 3. The summed E-state index contributed by atoms with van der Waals surface area (Å²) >= 11 is 0. The minimum atomic E-state index is -3.81. The smallest absolute Gasteiger partial charge is 0.264 e. The summed E-state index contributed by atoms with van der Waals surface area (Å²) in [5.41, 5.74) is 3.65. The number of carbonyl (C=O) groups excluding carboxylic acids is 1. The van der Waals surface area contributed by atoms with Crippen LogP contribution in [0.1, 0.15) is 33.2 Å². The van der Waals surface area contributed by atoms with E-state index in [9.17, 15) is 13.2 Å². The van der Waals surface area contributed by atoms with Crippen molar-refractivity contribution in [2.24, 2.45) is 0 Å². The van der Waals surface area contributed by atoms with Crippen LogP contribution in [-0.2, 0) is 16.4 Å². The van der Waals surface area contributed by atoms with Gasteiger partial charge in [-0.3, -0.25) is 14.1 Å². The molecule has 35 heavy (non-hydrogen) atoms. The summed E-state index contributed by atoms with van der Waals surface area (Å²) in [4.78, 5) is 19.8. The highest BCUT2D eigenvalue weighted by atomic mass is 32.2.